The number of halogens is 1. The fraction of sp³-hybridized carbons (Fsp3) is 0.200. The predicted octanol–water partition coefficient (Wildman–Crippen LogP) is 0.366. The molecule has 2 aromatic rings. The highest BCUT2D eigenvalue weighted by atomic mass is 35.5. The monoisotopic (exact) mass is 240 g/mol. The third kappa shape index (κ3) is 1.81. The maximum atomic E-state index is 10.9. The van der Waals surface area contributed by atoms with Crippen molar-refractivity contribution in [3.05, 3.63) is 29.9 Å². The van der Waals surface area contributed by atoms with Gasteiger partial charge in [0.25, 0.3) is 0 Å². The molecule has 3 N–H and O–H groups in total. The summed E-state index contributed by atoms with van der Waals surface area (Å²) < 4.78 is 3.32. The van der Waals surface area contributed by atoms with E-state index in [-0.39, 0.29) is 24.6 Å². The molecule has 0 atom stereocenters. The lowest BCUT2D eigenvalue weighted by Crippen LogP contribution is -2.28. The van der Waals surface area contributed by atoms with Crippen molar-refractivity contribution in [2.24, 2.45) is 12.8 Å². The quantitative estimate of drug-likeness (QED) is 0.782. The van der Waals surface area contributed by atoms with Crippen LogP contribution >= 0.6 is 12.4 Å². The van der Waals surface area contributed by atoms with E-state index in [9.17, 15) is 4.79 Å². The number of nitrogens with zero attached hydrogens (tertiary/aromatic N) is 2. The van der Waals surface area contributed by atoms with Crippen LogP contribution < -0.4 is 11.4 Å². The van der Waals surface area contributed by atoms with Gasteiger partial charge in [0.05, 0.1) is 11.0 Å². The highest BCUT2D eigenvalue weighted by molar-refractivity contribution is 5.85. The SMILES string of the molecule is Cl.Cn1c(=N)n(CC(N)=O)c2ccccc21. The number of nitrogens with two attached hydrogens (primary N) is 1. The number of para-hydroxylation sites is 2. The molecule has 0 aliphatic heterocycles. The molecule has 0 saturated heterocycles. The van der Waals surface area contributed by atoms with Crippen molar-refractivity contribution in [2.75, 3.05) is 0 Å². The van der Waals surface area contributed by atoms with Crippen LogP contribution in [0.4, 0.5) is 0 Å². The van der Waals surface area contributed by atoms with E-state index in [2.05, 4.69) is 0 Å². The Morgan fingerprint density at radius 1 is 1.38 bits per heavy atom. The predicted molar refractivity (Wildman–Crippen MR) is 63.2 cm³/mol. The third-order valence-electron chi connectivity index (χ3n) is 2.42. The first kappa shape index (κ1) is 12.3. The molecule has 16 heavy (non-hydrogen) atoms. The van der Waals surface area contributed by atoms with Crippen LogP contribution in [-0.2, 0) is 18.4 Å². The van der Waals surface area contributed by atoms with E-state index < -0.39 is 5.91 Å². The van der Waals surface area contributed by atoms with E-state index in [4.69, 9.17) is 11.1 Å². The van der Waals surface area contributed by atoms with E-state index in [0.717, 1.165) is 11.0 Å². The first-order chi connectivity index (χ1) is 7.11. The van der Waals surface area contributed by atoms with Crippen LogP contribution in [-0.4, -0.2) is 15.0 Å². The first-order valence-corrected chi connectivity index (χ1v) is 4.58. The second kappa shape index (κ2) is 4.40. The lowest BCUT2D eigenvalue weighted by molar-refractivity contribution is -0.118. The van der Waals surface area contributed by atoms with E-state index in [1.165, 1.54) is 0 Å². The molecular weight excluding hydrogens is 228 g/mol. The van der Waals surface area contributed by atoms with Crippen LogP contribution in [0.2, 0.25) is 0 Å². The van der Waals surface area contributed by atoms with E-state index in [1.807, 2.05) is 24.3 Å². The van der Waals surface area contributed by atoms with Crippen molar-refractivity contribution in [2.45, 2.75) is 6.54 Å². The Morgan fingerprint density at radius 3 is 2.50 bits per heavy atom. The summed E-state index contributed by atoms with van der Waals surface area (Å²) in [6, 6.07) is 7.55. The molecule has 86 valence electrons. The Balaban J connectivity index is 0.00000128. The number of hydrogen-bond donors (Lipinski definition) is 2. The number of fused-ring (bicyclic) bond motifs is 1. The first-order valence-electron chi connectivity index (χ1n) is 4.58. The van der Waals surface area contributed by atoms with Gasteiger partial charge in [-0.1, -0.05) is 12.1 Å². The number of amides is 1. The highest BCUT2D eigenvalue weighted by Crippen LogP contribution is 2.10. The summed E-state index contributed by atoms with van der Waals surface area (Å²) in [7, 11) is 1.79. The van der Waals surface area contributed by atoms with Crippen LogP contribution in [0.1, 0.15) is 0 Å². The number of aryl methyl sites for hydroxylation is 1. The lowest BCUT2D eigenvalue weighted by Gasteiger charge is -1.99. The molecule has 6 heteroatoms. The second-order valence-electron chi connectivity index (χ2n) is 3.42. The fourth-order valence-electron chi connectivity index (χ4n) is 1.70. The zero-order valence-electron chi connectivity index (χ0n) is 8.80. The van der Waals surface area contributed by atoms with Crippen molar-refractivity contribution in [3.8, 4) is 0 Å². The number of aromatic nitrogens is 2. The number of nitrogens with one attached hydrogen (secondary N) is 1. The Morgan fingerprint density at radius 2 is 1.94 bits per heavy atom. The molecule has 0 radical (unpaired) electrons. The number of imidazole rings is 1. The fourth-order valence-corrected chi connectivity index (χ4v) is 1.70. The molecule has 0 fully saturated rings. The summed E-state index contributed by atoms with van der Waals surface area (Å²) in [5.41, 5.74) is 7.19. The molecule has 0 unspecified atom stereocenters. The van der Waals surface area contributed by atoms with Crippen LogP contribution in [0.5, 0.6) is 0 Å². The molecule has 0 bridgehead atoms. The van der Waals surface area contributed by atoms with Gasteiger partial charge >= 0.3 is 0 Å². The standard InChI is InChI=1S/C10H12N4O.ClH/c1-13-7-4-2-3-5-8(7)14(10(13)12)6-9(11)15;/h2-5,12H,6H2,1H3,(H2,11,15);1H. The van der Waals surface area contributed by atoms with Crippen molar-refractivity contribution in [3.63, 3.8) is 0 Å². The number of primary amides is 1. The summed E-state index contributed by atoms with van der Waals surface area (Å²) in [5, 5.41) is 7.84. The smallest absolute Gasteiger partial charge is 0.237 e. The van der Waals surface area contributed by atoms with Gasteiger partial charge in [-0.3, -0.25) is 10.2 Å². The summed E-state index contributed by atoms with van der Waals surface area (Å²) in [4.78, 5) is 10.9. The van der Waals surface area contributed by atoms with Crippen LogP contribution in [0.15, 0.2) is 24.3 Å². The zero-order valence-corrected chi connectivity index (χ0v) is 9.62. The van der Waals surface area contributed by atoms with Gasteiger partial charge in [-0.15, -0.1) is 12.4 Å². The minimum atomic E-state index is -0.440. The van der Waals surface area contributed by atoms with Gasteiger partial charge in [0.15, 0.2) is 0 Å². The van der Waals surface area contributed by atoms with Crippen LogP contribution in [0, 0.1) is 5.41 Å². The molecule has 0 aliphatic rings. The number of hydrogen-bond acceptors (Lipinski definition) is 2. The summed E-state index contributed by atoms with van der Waals surface area (Å²) in [6.45, 7) is 0.0419. The molecule has 2 rings (SSSR count). The summed E-state index contributed by atoms with van der Waals surface area (Å²) in [6.07, 6.45) is 0. The Kier molecular flexibility index (Phi) is 3.39. The Labute approximate surface area is 98.4 Å². The minimum Gasteiger partial charge on any atom is -0.368 e. The van der Waals surface area contributed by atoms with E-state index in [1.54, 1.807) is 16.2 Å². The Hall–Kier alpha value is -1.75. The van der Waals surface area contributed by atoms with Crippen LogP contribution in [0.3, 0.4) is 0 Å². The second-order valence-corrected chi connectivity index (χ2v) is 3.42. The van der Waals surface area contributed by atoms with Crippen molar-refractivity contribution < 1.29 is 4.79 Å². The van der Waals surface area contributed by atoms with Gasteiger partial charge in [-0.25, -0.2) is 0 Å². The topological polar surface area (TPSA) is 76.8 Å². The molecule has 1 aromatic heterocycles. The average molecular weight is 241 g/mol. The maximum Gasteiger partial charge on any atom is 0.237 e. The van der Waals surface area contributed by atoms with Crippen molar-refractivity contribution in [1.29, 1.82) is 5.41 Å². The number of rotatable bonds is 2. The average Bonchev–Trinajstić information content (AvgIpc) is 2.44. The van der Waals surface area contributed by atoms with Gasteiger partial charge in [-0.05, 0) is 12.1 Å². The maximum absolute atomic E-state index is 10.9. The van der Waals surface area contributed by atoms with Crippen molar-refractivity contribution in [1.82, 2.24) is 9.13 Å². The minimum absolute atomic E-state index is 0. The summed E-state index contributed by atoms with van der Waals surface area (Å²) >= 11 is 0. The third-order valence-corrected chi connectivity index (χ3v) is 2.42. The van der Waals surface area contributed by atoms with E-state index >= 15 is 0 Å². The van der Waals surface area contributed by atoms with Gasteiger partial charge in [0.1, 0.15) is 6.54 Å². The zero-order chi connectivity index (χ0) is 11.0. The lowest BCUT2D eigenvalue weighted by atomic mass is 10.3. The normalized spacial score (nSPS) is 10.1. The number of benzene rings is 1. The number of carbonyl (C=O) groups excluding carboxylic acids is 1. The molecular formula is C10H13ClN4O. The largest absolute Gasteiger partial charge is 0.368 e. The molecule has 0 spiro atoms. The summed E-state index contributed by atoms with van der Waals surface area (Å²) in [5.74, 6) is -0.440. The van der Waals surface area contributed by atoms with Crippen molar-refractivity contribution >= 4 is 29.3 Å². The van der Waals surface area contributed by atoms with Gasteiger partial charge in [0.2, 0.25) is 11.5 Å². The molecule has 1 amide bonds. The van der Waals surface area contributed by atoms with Gasteiger partial charge in [0, 0.05) is 7.05 Å². The molecule has 1 heterocycles. The molecule has 0 aliphatic carbocycles. The molecule has 0 saturated carbocycles. The van der Waals surface area contributed by atoms with Crippen LogP contribution in [0.25, 0.3) is 11.0 Å². The van der Waals surface area contributed by atoms with Gasteiger partial charge < -0.3 is 14.9 Å². The number of carbonyl (C=O) groups is 1. The highest BCUT2D eigenvalue weighted by Gasteiger charge is 2.08. The van der Waals surface area contributed by atoms with Gasteiger partial charge in [-0.2, -0.15) is 0 Å². The molecule has 1 aromatic carbocycles. The van der Waals surface area contributed by atoms with E-state index in [0.29, 0.717) is 0 Å². The Bertz CT molecular complexity index is 584. The molecule has 5 nitrogen and oxygen atoms in total.